The van der Waals surface area contributed by atoms with Gasteiger partial charge in [0.25, 0.3) is 0 Å². The molecule has 1 saturated heterocycles. The molecule has 2 unspecified atom stereocenters. The Hall–Kier alpha value is -1.66. The summed E-state index contributed by atoms with van der Waals surface area (Å²) in [6.07, 6.45) is 5.15. The Morgan fingerprint density at radius 1 is 1.07 bits per heavy atom. The molecule has 7 heteroatoms. The molecule has 0 spiro atoms. The van der Waals surface area contributed by atoms with Crippen molar-refractivity contribution in [3.05, 3.63) is 35.6 Å². The molecule has 27 heavy (non-hydrogen) atoms. The van der Waals surface area contributed by atoms with E-state index >= 15 is 0 Å². The summed E-state index contributed by atoms with van der Waals surface area (Å²) in [5.74, 6) is -0.0572. The normalized spacial score (nSPS) is 23.4. The van der Waals surface area contributed by atoms with Gasteiger partial charge in [0.05, 0.1) is 0 Å². The molecule has 2 atom stereocenters. The van der Waals surface area contributed by atoms with Crippen molar-refractivity contribution < 1.29 is 14.0 Å². The van der Waals surface area contributed by atoms with Gasteiger partial charge in [0.2, 0.25) is 11.8 Å². The molecule has 0 aromatic heterocycles. The molecule has 1 heterocycles. The number of hydrogen-bond donors (Lipinski definition) is 2. The molecule has 2 fully saturated rings. The SMILES string of the molecule is Cl.NC1CCCC(C(=O)N2CCC(C(=O)NCc3ccc(F)cc3)CC2)C1. The van der Waals surface area contributed by atoms with Gasteiger partial charge in [-0.05, 0) is 49.8 Å². The van der Waals surface area contributed by atoms with E-state index in [0.717, 1.165) is 31.2 Å². The minimum Gasteiger partial charge on any atom is -0.352 e. The standard InChI is InChI=1S/C20H28FN3O2.ClH/c21-17-6-4-14(5-7-17)13-23-19(25)15-8-10-24(11-9-15)20(26)16-2-1-3-18(22)12-16;/h4-7,15-16,18H,1-3,8-13,22H2,(H,23,25);1H. The monoisotopic (exact) mass is 397 g/mol. The van der Waals surface area contributed by atoms with Crippen LogP contribution in [0.2, 0.25) is 0 Å². The Morgan fingerprint density at radius 2 is 1.74 bits per heavy atom. The fourth-order valence-corrected chi connectivity index (χ4v) is 4.01. The molecule has 1 aromatic rings. The first kappa shape index (κ1) is 21.6. The van der Waals surface area contributed by atoms with Gasteiger partial charge in [-0.3, -0.25) is 9.59 Å². The summed E-state index contributed by atoms with van der Waals surface area (Å²) in [6, 6.07) is 6.27. The number of likely N-dealkylation sites (tertiary alicyclic amines) is 1. The second-order valence-corrected chi connectivity index (χ2v) is 7.57. The van der Waals surface area contributed by atoms with Gasteiger partial charge in [0.1, 0.15) is 5.82 Å². The number of carbonyl (C=O) groups is 2. The summed E-state index contributed by atoms with van der Waals surface area (Å²) in [6.45, 7) is 1.68. The minimum atomic E-state index is -0.281. The van der Waals surface area contributed by atoms with Crippen LogP contribution in [0.1, 0.15) is 44.1 Å². The molecule has 150 valence electrons. The van der Waals surface area contributed by atoms with Crippen molar-refractivity contribution in [3.8, 4) is 0 Å². The summed E-state index contributed by atoms with van der Waals surface area (Å²) >= 11 is 0. The number of nitrogens with zero attached hydrogens (tertiary/aromatic N) is 1. The number of amides is 2. The highest BCUT2D eigenvalue weighted by molar-refractivity contribution is 5.85. The van der Waals surface area contributed by atoms with Crippen LogP contribution in [0.5, 0.6) is 0 Å². The summed E-state index contributed by atoms with van der Waals surface area (Å²) in [7, 11) is 0. The maximum Gasteiger partial charge on any atom is 0.225 e. The molecule has 1 aromatic carbocycles. The number of halogens is 2. The van der Waals surface area contributed by atoms with E-state index in [9.17, 15) is 14.0 Å². The van der Waals surface area contributed by atoms with Gasteiger partial charge >= 0.3 is 0 Å². The van der Waals surface area contributed by atoms with E-state index in [0.29, 0.717) is 32.5 Å². The van der Waals surface area contributed by atoms with Gasteiger partial charge in [0.15, 0.2) is 0 Å². The van der Waals surface area contributed by atoms with Crippen LogP contribution in [0, 0.1) is 17.7 Å². The van der Waals surface area contributed by atoms with Crippen LogP contribution in [-0.4, -0.2) is 35.8 Å². The first-order valence-electron chi connectivity index (χ1n) is 9.59. The third-order valence-corrected chi connectivity index (χ3v) is 5.62. The first-order chi connectivity index (χ1) is 12.5. The van der Waals surface area contributed by atoms with Crippen molar-refractivity contribution in [1.29, 1.82) is 0 Å². The van der Waals surface area contributed by atoms with E-state index in [1.807, 2.05) is 4.90 Å². The summed E-state index contributed by atoms with van der Waals surface area (Å²) in [5, 5.41) is 2.92. The number of piperidine rings is 1. The molecule has 2 aliphatic rings. The van der Waals surface area contributed by atoms with E-state index in [-0.39, 0.29) is 47.9 Å². The van der Waals surface area contributed by atoms with Gasteiger partial charge in [-0.2, -0.15) is 0 Å². The van der Waals surface area contributed by atoms with Crippen molar-refractivity contribution in [2.45, 2.75) is 51.1 Å². The lowest BCUT2D eigenvalue weighted by Crippen LogP contribution is -2.46. The van der Waals surface area contributed by atoms with E-state index in [2.05, 4.69) is 5.32 Å². The van der Waals surface area contributed by atoms with E-state index in [1.165, 1.54) is 12.1 Å². The summed E-state index contributed by atoms with van der Waals surface area (Å²) < 4.78 is 12.9. The second kappa shape index (κ2) is 10.0. The predicted octanol–water partition coefficient (Wildman–Crippen LogP) is 2.62. The molecule has 5 nitrogen and oxygen atoms in total. The van der Waals surface area contributed by atoms with Gasteiger partial charge < -0.3 is 16.0 Å². The lowest BCUT2D eigenvalue weighted by Gasteiger charge is -2.35. The van der Waals surface area contributed by atoms with E-state index in [4.69, 9.17) is 5.73 Å². The Labute approximate surface area is 166 Å². The number of carbonyl (C=O) groups excluding carboxylic acids is 2. The van der Waals surface area contributed by atoms with Crippen molar-refractivity contribution >= 4 is 24.2 Å². The van der Waals surface area contributed by atoms with Gasteiger partial charge in [-0.1, -0.05) is 18.6 Å². The Balaban J connectivity index is 0.00000261. The number of hydrogen-bond acceptors (Lipinski definition) is 3. The zero-order valence-electron chi connectivity index (χ0n) is 15.5. The fourth-order valence-electron chi connectivity index (χ4n) is 4.01. The van der Waals surface area contributed by atoms with Crippen molar-refractivity contribution in [2.75, 3.05) is 13.1 Å². The topological polar surface area (TPSA) is 75.4 Å². The highest BCUT2D eigenvalue weighted by atomic mass is 35.5. The third-order valence-electron chi connectivity index (χ3n) is 5.62. The van der Waals surface area contributed by atoms with Crippen molar-refractivity contribution in [2.24, 2.45) is 17.6 Å². The molecular formula is C20H29ClFN3O2. The second-order valence-electron chi connectivity index (χ2n) is 7.57. The number of benzene rings is 1. The highest BCUT2D eigenvalue weighted by Gasteiger charge is 2.32. The van der Waals surface area contributed by atoms with Crippen LogP contribution in [0.3, 0.4) is 0 Å². The Kier molecular flexibility index (Phi) is 8.05. The third kappa shape index (κ3) is 5.91. The van der Waals surface area contributed by atoms with E-state index < -0.39 is 0 Å². The summed E-state index contributed by atoms with van der Waals surface area (Å²) in [4.78, 5) is 26.9. The Bertz CT molecular complexity index is 633. The number of nitrogens with two attached hydrogens (primary N) is 1. The van der Waals surface area contributed by atoms with Crippen molar-refractivity contribution in [3.63, 3.8) is 0 Å². The average Bonchev–Trinajstić information content (AvgIpc) is 2.67. The zero-order chi connectivity index (χ0) is 18.5. The maximum atomic E-state index is 12.9. The van der Waals surface area contributed by atoms with Gasteiger partial charge in [0, 0.05) is 37.5 Å². The van der Waals surface area contributed by atoms with Crippen molar-refractivity contribution in [1.82, 2.24) is 10.2 Å². The number of rotatable bonds is 4. The van der Waals surface area contributed by atoms with Crippen LogP contribution in [0.4, 0.5) is 4.39 Å². The molecule has 1 aliphatic heterocycles. The zero-order valence-corrected chi connectivity index (χ0v) is 16.3. The van der Waals surface area contributed by atoms with Crippen LogP contribution in [0.15, 0.2) is 24.3 Å². The largest absolute Gasteiger partial charge is 0.352 e. The van der Waals surface area contributed by atoms with Crippen LogP contribution >= 0.6 is 12.4 Å². The Morgan fingerprint density at radius 3 is 2.37 bits per heavy atom. The van der Waals surface area contributed by atoms with Gasteiger partial charge in [-0.25, -0.2) is 4.39 Å². The summed E-state index contributed by atoms with van der Waals surface area (Å²) in [5.41, 5.74) is 6.88. The molecule has 3 rings (SSSR count). The molecule has 3 N–H and O–H groups in total. The minimum absolute atomic E-state index is 0. The van der Waals surface area contributed by atoms with Crippen LogP contribution < -0.4 is 11.1 Å². The smallest absolute Gasteiger partial charge is 0.225 e. The van der Waals surface area contributed by atoms with Gasteiger partial charge in [-0.15, -0.1) is 12.4 Å². The molecule has 1 saturated carbocycles. The first-order valence-corrected chi connectivity index (χ1v) is 9.59. The quantitative estimate of drug-likeness (QED) is 0.820. The molecule has 1 aliphatic carbocycles. The van der Waals surface area contributed by atoms with Crippen LogP contribution in [-0.2, 0) is 16.1 Å². The lowest BCUT2D eigenvalue weighted by molar-refractivity contribution is -0.140. The molecule has 2 amide bonds. The highest BCUT2D eigenvalue weighted by Crippen LogP contribution is 2.27. The number of nitrogens with one attached hydrogen (secondary N) is 1. The van der Waals surface area contributed by atoms with E-state index in [1.54, 1.807) is 12.1 Å². The fraction of sp³-hybridized carbons (Fsp3) is 0.600. The maximum absolute atomic E-state index is 12.9. The molecule has 0 radical (unpaired) electrons. The van der Waals surface area contributed by atoms with Crippen LogP contribution in [0.25, 0.3) is 0 Å². The average molecular weight is 398 g/mol. The molecular weight excluding hydrogens is 369 g/mol. The lowest BCUT2D eigenvalue weighted by atomic mass is 9.84. The predicted molar refractivity (Wildman–Crippen MR) is 105 cm³/mol. The molecule has 0 bridgehead atoms.